The summed E-state index contributed by atoms with van der Waals surface area (Å²) in [6.45, 7) is 2.63. The van der Waals surface area contributed by atoms with Crippen LogP contribution in [0.2, 0.25) is 0 Å². The van der Waals surface area contributed by atoms with Crippen molar-refractivity contribution >= 4 is 56.9 Å². The molecular formula is C9H11IN4O4S. The fraction of sp³-hybridized carbons (Fsp3) is 0.333. The number of oxime groups is 1. The first-order valence-corrected chi connectivity index (χ1v) is 6.85. The minimum absolute atomic E-state index is 0.142. The molecule has 4 N–H and O–H groups in total. The molecular weight excluding hydrogens is 387 g/mol. The molecule has 10 heteroatoms. The van der Waals surface area contributed by atoms with E-state index in [0.717, 1.165) is 11.3 Å². The molecule has 1 rings (SSSR count). The SMILES string of the molecule is CC(C)(O/N=C(\C(=O)NI)c1csc(N)n1)C(=O)O. The van der Waals surface area contributed by atoms with E-state index < -0.39 is 17.5 Å². The van der Waals surface area contributed by atoms with Gasteiger partial charge in [0.05, 0.1) is 22.9 Å². The quantitative estimate of drug-likeness (QED) is 0.291. The number of carbonyl (C=O) groups is 2. The van der Waals surface area contributed by atoms with Crippen LogP contribution in [0, 0.1) is 0 Å². The number of nitrogens with two attached hydrogens (primary N) is 1. The second-order valence-electron chi connectivity index (χ2n) is 3.84. The molecule has 19 heavy (non-hydrogen) atoms. The fourth-order valence-electron chi connectivity index (χ4n) is 0.844. The van der Waals surface area contributed by atoms with E-state index in [0.29, 0.717) is 0 Å². The summed E-state index contributed by atoms with van der Waals surface area (Å²) in [6, 6.07) is 0. The molecule has 0 saturated heterocycles. The predicted molar refractivity (Wildman–Crippen MR) is 78.0 cm³/mol. The molecule has 1 heterocycles. The number of aliphatic carboxylic acids is 1. The van der Waals surface area contributed by atoms with Crippen LogP contribution in [0.3, 0.4) is 0 Å². The van der Waals surface area contributed by atoms with Gasteiger partial charge in [-0.15, -0.1) is 11.3 Å². The predicted octanol–water partition coefficient (Wildman–Crippen LogP) is 0.775. The van der Waals surface area contributed by atoms with Gasteiger partial charge in [0.1, 0.15) is 5.69 Å². The zero-order chi connectivity index (χ0) is 14.6. The largest absolute Gasteiger partial charge is 0.478 e. The van der Waals surface area contributed by atoms with Gasteiger partial charge in [0.25, 0.3) is 5.91 Å². The molecule has 1 amide bonds. The molecule has 0 radical (unpaired) electrons. The van der Waals surface area contributed by atoms with E-state index in [1.54, 1.807) is 22.9 Å². The molecule has 0 fully saturated rings. The summed E-state index contributed by atoms with van der Waals surface area (Å²) in [5, 5.41) is 14.3. The highest BCUT2D eigenvalue weighted by atomic mass is 127. The molecule has 0 spiro atoms. The Bertz CT molecular complexity index is 528. The number of hydrogen-bond acceptors (Lipinski definition) is 7. The Morgan fingerprint density at radius 2 is 2.26 bits per heavy atom. The van der Waals surface area contributed by atoms with Crippen molar-refractivity contribution in [1.82, 2.24) is 8.51 Å². The maximum absolute atomic E-state index is 11.7. The number of thiazole rings is 1. The zero-order valence-electron chi connectivity index (χ0n) is 10.0. The first-order valence-electron chi connectivity index (χ1n) is 4.90. The number of rotatable bonds is 5. The number of nitrogen functional groups attached to an aromatic ring is 1. The Hall–Kier alpha value is -1.43. The summed E-state index contributed by atoms with van der Waals surface area (Å²) in [5.74, 6) is -1.77. The summed E-state index contributed by atoms with van der Waals surface area (Å²) in [6.07, 6.45) is 0. The van der Waals surface area contributed by atoms with Crippen molar-refractivity contribution in [2.75, 3.05) is 5.73 Å². The average Bonchev–Trinajstić information content (AvgIpc) is 2.75. The van der Waals surface area contributed by atoms with E-state index in [2.05, 4.69) is 13.7 Å². The Morgan fingerprint density at radius 3 is 2.68 bits per heavy atom. The number of amides is 1. The minimum Gasteiger partial charge on any atom is -0.478 e. The van der Waals surface area contributed by atoms with Crippen molar-refractivity contribution in [1.29, 1.82) is 0 Å². The summed E-state index contributed by atoms with van der Waals surface area (Å²) >= 11 is 2.76. The first kappa shape index (κ1) is 15.6. The number of hydrogen-bond donors (Lipinski definition) is 3. The Morgan fingerprint density at radius 1 is 1.63 bits per heavy atom. The van der Waals surface area contributed by atoms with Gasteiger partial charge in [-0.1, -0.05) is 5.16 Å². The van der Waals surface area contributed by atoms with Gasteiger partial charge in [-0.2, -0.15) is 0 Å². The molecule has 0 saturated carbocycles. The van der Waals surface area contributed by atoms with Crippen LogP contribution in [-0.2, 0) is 14.4 Å². The number of anilines is 1. The third kappa shape index (κ3) is 4.02. The molecule has 1 aromatic heterocycles. The van der Waals surface area contributed by atoms with Crippen LogP contribution in [0.4, 0.5) is 5.13 Å². The number of carboxylic acids is 1. The maximum Gasteiger partial charge on any atom is 0.350 e. The molecule has 0 bridgehead atoms. The zero-order valence-corrected chi connectivity index (χ0v) is 13.0. The van der Waals surface area contributed by atoms with Crippen molar-refractivity contribution in [2.24, 2.45) is 5.16 Å². The summed E-state index contributed by atoms with van der Waals surface area (Å²) in [4.78, 5) is 31.3. The molecule has 0 aliphatic heterocycles. The standard InChI is InChI=1S/C9H11IN4O4S/c1-9(2,7(16)17)18-14-5(6(15)13-10)4-3-19-8(11)12-4/h3H,1-2H3,(H2,11,12)(H,13,15)(H,16,17)/b14-5-. The highest BCUT2D eigenvalue weighted by molar-refractivity contribution is 14.1. The van der Waals surface area contributed by atoms with Gasteiger partial charge in [-0.3, -0.25) is 8.32 Å². The van der Waals surface area contributed by atoms with Crippen LogP contribution in [-0.4, -0.2) is 33.3 Å². The van der Waals surface area contributed by atoms with Gasteiger partial charge in [0, 0.05) is 5.38 Å². The lowest BCUT2D eigenvalue weighted by Crippen LogP contribution is -2.34. The summed E-state index contributed by atoms with van der Waals surface area (Å²) in [5.41, 5.74) is 3.99. The molecule has 0 aliphatic rings. The average molecular weight is 398 g/mol. The van der Waals surface area contributed by atoms with Gasteiger partial charge in [0.15, 0.2) is 10.8 Å². The Balaban J connectivity index is 3.05. The monoisotopic (exact) mass is 398 g/mol. The molecule has 0 atom stereocenters. The molecule has 8 nitrogen and oxygen atoms in total. The fourth-order valence-corrected chi connectivity index (χ4v) is 1.65. The van der Waals surface area contributed by atoms with Gasteiger partial charge in [-0.25, -0.2) is 9.78 Å². The summed E-state index contributed by atoms with van der Waals surface area (Å²) in [7, 11) is 0. The van der Waals surface area contributed by atoms with E-state index in [4.69, 9.17) is 15.7 Å². The van der Waals surface area contributed by atoms with Crippen LogP contribution in [0.15, 0.2) is 10.5 Å². The van der Waals surface area contributed by atoms with Crippen molar-refractivity contribution < 1.29 is 19.5 Å². The highest BCUT2D eigenvalue weighted by Gasteiger charge is 2.30. The third-order valence-electron chi connectivity index (χ3n) is 1.95. The van der Waals surface area contributed by atoms with Crippen LogP contribution in [0.25, 0.3) is 0 Å². The van der Waals surface area contributed by atoms with Crippen LogP contribution in [0.1, 0.15) is 19.5 Å². The highest BCUT2D eigenvalue weighted by Crippen LogP contribution is 2.15. The van der Waals surface area contributed by atoms with Gasteiger partial charge in [-0.05, 0) is 13.8 Å². The topological polar surface area (TPSA) is 127 Å². The lowest BCUT2D eigenvalue weighted by Gasteiger charge is -2.16. The van der Waals surface area contributed by atoms with E-state index in [1.807, 2.05) is 0 Å². The van der Waals surface area contributed by atoms with E-state index >= 15 is 0 Å². The molecule has 0 unspecified atom stereocenters. The first-order chi connectivity index (χ1) is 8.77. The number of aromatic nitrogens is 1. The Kier molecular flexibility index (Phi) is 5.05. The second kappa shape index (κ2) is 6.14. The number of nitrogens with zero attached hydrogens (tertiary/aromatic N) is 2. The van der Waals surface area contributed by atoms with E-state index in [1.165, 1.54) is 19.2 Å². The lowest BCUT2D eigenvalue weighted by atomic mass is 10.1. The third-order valence-corrected chi connectivity index (χ3v) is 3.11. The van der Waals surface area contributed by atoms with Gasteiger partial charge < -0.3 is 15.7 Å². The van der Waals surface area contributed by atoms with Crippen molar-refractivity contribution in [3.05, 3.63) is 11.1 Å². The lowest BCUT2D eigenvalue weighted by molar-refractivity contribution is -0.161. The minimum atomic E-state index is -1.56. The van der Waals surface area contributed by atoms with E-state index in [9.17, 15) is 9.59 Å². The number of halogens is 1. The number of nitrogens with one attached hydrogen (secondary N) is 1. The second-order valence-corrected chi connectivity index (χ2v) is 5.27. The number of carbonyl (C=O) groups excluding carboxylic acids is 1. The normalized spacial score (nSPS) is 12.1. The maximum atomic E-state index is 11.7. The molecule has 0 aliphatic carbocycles. The van der Waals surface area contributed by atoms with Crippen molar-refractivity contribution in [3.63, 3.8) is 0 Å². The van der Waals surface area contributed by atoms with Gasteiger partial charge in [0.2, 0.25) is 5.60 Å². The van der Waals surface area contributed by atoms with Crippen LogP contribution in [0.5, 0.6) is 0 Å². The molecule has 104 valence electrons. The number of carboxylic acid groups (broad SMARTS) is 1. The molecule has 0 aromatic carbocycles. The summed E-state index contributed by atoms with van der Waals surface area (Å²) < 4.78 is 2.33. The van der Waals surface area contributed by atoms with E-state index in [-0.39, 0.29) is 16.5 Å². The Labute approximate surface area is 126 Å². The van der Waals surface area contributed by atoms with Gasteiger partial charge >= 0.3 is 5.97 Å². The van der Waals surface area contributed by atoms with Crippen molar-refractivity contribution in [2.45, 2.75) is 19.4 Å². The van der Waals surface area contributed by atoms with Crippen molar-refractivity contribution in [3.8, 4) is 0 Å². The van der Waals surface area contributed by atoms with Crippen LogP contribution < -0.4 is 9.26 Å². The molecule has 1 aromatic rings. The smallest absolute Gasteiger partial charge is 0.350 e. The van der Waals surface area contributed by atoms with Crippen LogP contribution >= 0.6 is 34.2 Å².